The summed E-state index contributed by atoms with van der Waals surface area (Å²) in [6.45, 7) is 3.32. The number of non-ortho nitro benzene ring substituents is 1. The molecule has 1 N–H and O–H groups in total. The molecule has 130 valence electrons. The van der Waals surface area contributed by atoms with Crippen LogP contribution in [-0.2, 0) is 17.6 Å². The predicted molar refractivity (Wildman–Crippen MR) is 91.7 cm³/mol. The highest BCUT2D eigenvalue weighted by molar-refractivity contribution is 5.94. The van der Waals surface area contributed by atoms with Gasteiger partial charge in [0.25, 0.3) is 11.2 Å². The van der Waals surface area contributed by atoms with E-state index in [-0.39, 0.29) is 11.2 Å². The number of nitrogens with one attached hydrogen (secondary N) is 1. The summed E-state index contributed by atoms with van der Waals surface area (Å²) < 4.78 is 1.17. The summed E-state index contributed by atoms with van der Waals surface area (Å²) in [7, 11) is 0. The summed E-state index contributed by atoms with van der Waals surface area (Å²) in [5.74, 6) is -0.448. The van der Waals surface area contributed by atoms with Crippen LogP contribution in [0.2, 0.25) is 0 Å². The van der Waals surface area contributed by atoms with E-state index in [1.54, 1.807) is 19.9 Å². The van der Waals surface area contributed by atoms with Gasteiger partial charge in [-0.15, -0.1) is 0 Å². The van der Waals surface area contributed by atoms with Gasteiger partial charge in [-0.2, -0.15) is 5.10 Å². The number of rotatable bonds is 4. The maximum atomic E-state index is 12.5. The van der Waals surface area contributed by atoms with Crippen LogP contribution in [0, 0.1) is 17.0 Å². The average Bonchev–Trinajstić information content (AvgIpc) is 3.02. The quantitative estimate of drug-likeness (QED) is 0.676. The lowest BCUT2D eigenvalue weighted by molar-refractivity contribution is -0.384. The van der Waals surface area contributed by atoms with Gasteiger partial charge in [0.15, 0.2) is 0 Å². The van der Waals surface area contributed by atoms with Crippen LogP contribution < -0.4 is 10.9 Å². The second kappa shape index (κ2) is 6.46. The van der Waals surface area contributed by atoms with Crippen molar-refractivity contribution in [1.82, 2.24) is 9.78 Å². The highest BCUT2D eigenvalue weighted by Gasteiger charge is 2.22. The van der Waals surface area contributed by atoms with Crippen LogP contribution in [-0.4, -0.2) is 20.6 Å². The molecule has 1 aromatic carbocycles. The minimum Gasteiger partial charge on any atom is -0.324 e. The number of aromatic nitrogens is 2. The first-order valence-electron chi connectivity index (χ1n) is 8.04. The molecule has 0 spiro atoms. The smallest absolute Gasteiger partial charge is 0.271 e. The largest absolute Gasteiger partial charge is 0.324 e. The van der Waals surface area contributed by atoms with Crippen LogP contribution in [0.15, 0.2) is 29.1 Å². The fraction of sp³-hybridized carbons (Fsp3) is 0.353. The monoisotopic (exact) mass is 342 g/mol. The summed E-state index contributed by atoms with van der Waals surface area (Å²) in [5.41, 5.74) is 2.41. The zero-order chi connectivity index (χ0) is 18.1. The molecule has 8 heteroatoms. The van der Waals surface area contributed by atoms with Crippen LogP contribution in [0.1, 0.15) is 36.2 Å². The Kier molecular flexibility index (Phi) is 4.35. The molecule has 1 aromatic heterocycles. The summed E-state index contributed by atoms with van der Waals surface area (Å²) in [6.07, 6.45) is 2.60. The van der Waals surface area contributed by atoms with Gasteiger partial charge >= 0.3 is 0 Å². The zero-order valence-corrected chi connectivity index (χ0v) is 14.0. The third-order valence-electron chi connectivity index (χ3n) is 4.42. The Morgan fingerprint density at radius 1 is 1.36 bits per heavy atom. The van der Waals surface area contributed by atoms with E-state index in [0.29, 0.717) is 11.3 Å². The van der Waals surface area contributed by atoms with Crippen molar-refractivity contribution in [3.8, 4) is 0 Å². The molecule has 2 aromatic rings. The van der Waals surface area contributed by atoms with Crippen molar-refractivity contribution in [2.24, 2.45) is 0 Å². The van der Waals surface area contributed by atoms with Crippen LogP contribution >= 0.6 is 0 Å². The van der Waals surface area contributed by atoms with Crippen molar-refractivity contribution in [1.29, 1.82) is 0 Å². The topological polar surface area (TPSA) is 107 Å². The number of carbonyl (C=O) groups is 1. The van der Waals surface area contributed by atoms with Crippen molar-refractivity contribution in [3.05, 3.63) is 61.6 Å². The molecule has 8 nitrogen and oxygen atoms in total. The first-order valence-corrected chi connectivity index (χ1v) is 8.04. The Morgan fingerprint density at radius 2 is 2.12 bits per heavy atom. The van der Waals surface area contributed by atoms with Crippen LogP contribution in [0.4, 0.5) is 11.4 Å². The molecule has 0 fully saturated rings. The number of hydrogen-bond donors (Lipinski definition) is 1. The van der Waals surface area contributed by atoms with Gasteiger partial charge in [0.1, 0.15) is 6.04 Å². The second-order valence-corrected chi connectivity index (χ2v) is 6.17. The second-order valence-electron chi connectivity index (χ2n) is 6.17. The molecule has 1 atom stereocenters. The Balaban J connectivity index is 1.86. The average molecular weight is 342 g/mol. The molecule has 1 amide bonds. The van der Waals surface area contributed by atoms with E-state index < -0.39 is 16.9 Å². The highest BCUT2D eigenvalue weighted by Crippen LogP contribution is 2.23. The standard InChI is InChI=1S/C17H18N4O4/c1-10-6-7-13(21(24)25)9-15(10)18-17(23)11(2)20-16(22)8-12-4-3-5-14(12)19-20/h6-9,11H,3-5H2,1-2H3,(H,18,23). The van der Waals surface area contributed by atoms with Gasteiger partial charge in [0, 0.05) is 18.2 Å². The number of benzene rings is 1. The van der Waals surface area contributed by atoms with Crippen molar-refractivity contribution < 1.29 is 9.72 Å². The van der Waals surface area contributed by atoms with Crippen molar-refractivity contribution in [2.45, 2.75) is 39.2 Å². The fourth-order valence-corrected chi connectivity index (χ4v) is 2.90. The maximum absolute atomic E-state index is 12.5. The Morgan fingerprint density at radius 3 is 2.84 bits per heavy atom. The van der Waals surface area contributed by atoms with Crippen LogP contribution in [0.25, 0.3) is 0 Å². The SMILES string of the molecule is Cc1ccc([N+](=O)[O-])cc1NC(=O)C(C)n1nc2c(cc1=O)CCC2. The lowest BCUT2D eigenvalue weighted by Crippen LogP contribution is -2.34. The Hall–Kier alpha value is -3.03. The van der Waals surface area contributed by atoms with Gasteiger partial charge < -0.3 is 5.32 Å². The lowest BCUT2D eigenvalue weighted by Gasteiger charge is -2.16. The maximum Gasteiger partial charge on any atom is 0.271 e. The molecule has 3 rings (SSSR count). The third kappa shape index (κ3) is 3.28. The number of nitro benzene ring substituents is 1. The van der Waals surface area contributed by atoms with Gasteiger partial charge in [-0.3, -0.25) is 19.7 Å². The Bertz CT molecular complexity index is 919. The minimum atomic E-state index is -0.822. The number of anilines is 1. The van der Waals surface area contributed by atoms with Gasteiger partial charge in [0.2, 0.25) is 5.91 Å². The van der Waals surface area contributed by atoms with Gasteiger partial charge in [-0.05, 0) is 44.2 Å². The number of fused-ring (bicyclic) bond motifs is 1. The van der Waals surface area contributed by atoms with E-state index in [1.165, 1.54) is 22.9 Å². The first-order chi connectivity index (χ1) is 11.9. The summed E-state index contributed by atoms with van der Waals surface area (Å²) in [6, 6.07) is 4.97. The fourth-order valence-electron chi connectivity index (χ4n) is 2.90. The number of carbonyl (C=O) groups excluding carboxylic acids is 1. The van der Waals surface area contributed by atoms with Crippen molar-refractivity contribution in [3.63, 3.8) is 0 Å². The molecule has 0 bridgehead atoms. The number of aryl methyl sites for hydroxylation is 3. The number of nitro groups is 1. The van der Waals surface area contributed by atoms with Crippen LogP contribution in [0.3, 0.4) is 0 Å². The number of nitrogens with zero attached hydrogens (tertiary/aromatic N) is 3. The molecule has 0 saturated carbocycles. The predicted octanol–water partition coefficient (Wildman–Crippen LogP) is 2.15. The first kappa shape index (κ1) is 16.8. The van der Waals surface area contributed by atoms with E-state index in [4.69, 9.17) is 0 Å². The number of amides is 1. The van der Waals surface area contributed by atoms with E-state index >= 15 is 0 Å². The lowest BCUT2D eigenvalue weighted by atomic mass is 10.1. The molecular weight excluding hydrogens is 324 g/mol. The summed E-state index contributed by atoms with van der Waals surface area (Å²) in [5, 5.41) is 17.9. The van der Waals surface area contributed by atoms with E-state index in [9.17, 15) is 19.7 Å². The molecule has 1 aliphatic rings. The van der Waals surface area contributed by atoms with E-state index in [0.717, 1.165) is 30.5 Å². The van der Waals surface area contributed by atoms with Crippen LogP contribution in [0.5, 0.6) is 0 Å². The molecule has 0 aliphatic heterocycles. The third-order valence-corrected chi connectivity index (χ3v) is 4.42. The summed E-state index contributed by atoms with van der Waals surface area (Å²) >= 11 is 0. The molecule has 1 aliphatic carbocycles. The van der Waals surface area contributed by atoms with E-state index in [1.807, 2.05) is 0 Å². The molecule has 1 unspecified atom stereocenters. The van der Waals surface area contributed by atoms with Crippen molar-refractivity contribution in [2.75, 3.05) is 5.32 Å². The van der Waals surface area contributed by atoms with E-state index in [2.05, 4.69) is 10.4 Å². The van der Waals surface area contributed by atoms with Gasteiger partial charge in [-0.25, -0.2) is 4.68 Å². The number of hydrogen-bond acceptors (Lipinski definition) is 5. The molecular formula is C17H18N4O4. The molecule has 0 radical (unpaired) electrons. The normalized spacial score (nSPS) is 14.0. The molecule has 0 saturated heterocycles. The Labute approximate surface area is 143 Å². The molecule has 25 heavy (non-hydrogen) atoms. The zero-order valence-electron chi connectivity index (χ0n) is 14.0. The molecule has 1 heterocycles. The van der Waals surface area contributed by atoms with Crippen molar-refractivity contribution >= 4 is 17.3 Å². The highest BCUT2D eigenvalue weighted by atomic mass is 16.6. The summed E-state index contributed by atoms with van der Waals surface area (Å²) in [4.78, 5) is 35.1. The van der Waals surface area contributed by atoms with Gasteiger partial charge in [-0.1, -0.05) is 6.07 Å². The van der Waals surface area contributed by atoms with Gasteiger partial charge in [0.05, 0.1) is 16.3 Å². The minimum absolute atomic E-state index is 0.110.